The summed E-state index contributed by atoms with van der Waals surface area (Å²) in [5.74, 6) is 0.876. The lowest BCUT2D eigenvalue weighted by Crippen LogP contribution is -1.97. The lowest BCUT2D eigenvalue weighted by Gasteiger charge is -2.04. The van der Waals surface area contributed by atoms with Crippen molar-refractivity contribution < 1.29 is 5.11 Å². The molecule has 0 aliphatic heterocycles. The number of hydrogen-bond donors (Lipinski definition) is 1. The summed E-state index contributed by atoms with van der Waals surface area (Å²) >= 11 is 2.69. The maximum absolute atomic E-state index is 10.5. The van der Waals surface area contributed by atoms with Crippen LogP contribution in [0.3, 0.4) is 0 Å². The minimum absolute atomic E-state index is 0.0278. The third-order valence-electron chi connectivity index (χ3n) is 4.02. The molecule has 138 valence electrons. The van der Waals surface area contributed by atoms with Gasteiger partial charge >= 0.3 is 0 Å². The smallest absolute Gasteiger partial charge is 0.191 e. The van der Waals surface area contributed by atoms with Gasteiger partial charge in [-0.1, -0.05) is 23.9 Å². The molecule has 0 amide bonds. The van der Waals surface area contributed by atoms with Gasteiger partial charge in [0.1, 0.15) is 22.4 Å². The largest absolute Gasteiger partial charge is 0.510 e. The first-order valence-corrected chi connectivity index (χ1v) is 10.1. The van der Waals surface area contributed by atoms with Crippen molar-refractivity contribution in [2.45, 2.75) is 5.16 Å². The van der Waals surface area contributed by atoms with Crippen molar-refractivity contribution in [1.82, 2.24) is 24.7 Å². The summed E-state index contributed by atoms with van der Waals surface area (Å²) in [5.41, 5.74) is 1.90. The number of thiazole rings is 1. The fourth-order valence-corrected chi connectivity index (χ4v) is 4.38. The number of benzene rings is 1. The highest BCUT2D eigenvalue weighted by Gasteiger charge is 2.16. The van der Waals surface area contributed by atoms with Crippen LogP contribution in [0.4, 0.5) is 0 Å². The quantitative estimate of drug-likeness (QED) is 0.303. The first-order valence-electron chi connectivity index (χ1n) is 8.28. The normalized spacial score (nSPS) is 12.0. The number of aromatic nitrogens is 5. The third-order valence-corrected chi connectivity index (χ3v) is 6.10. The van der Waals surface area contributed by atoms with Gasteiger partial charge < -0.3 is 9.67 Å². The van der Waals surface area contributed by atoms with Crippen LogP contribution in [-0.4, -0.2) is 35.6 Å². The van der Waals surface area contributed by atoms with Gasteiger partial charge in [-0.2, -0.15) is 5.26 Å². The molecular weight excluding hydrogens is 392 g/mol. The summed E-state index contributed by atoms with van der Waals surface area (Å²) in [6, 6.07) is 13.4. The molecule has 0 saturated carbocycles. The predicted molar refractivity (Wildman–Crippen MR) is 110 cm³/mol. The van der Waals surface area contributed by atoms with Crippen LogP contribution >= 0.6 is 23.1 Å². The minimum atomic E-state index is -0.0278. The Hall–Kier alpha value is -3.22. The maximum Gasteiger partial charge on any atom is 0.191 e. The van der Waals surface area contributed by atoms with Gasteiger partial charge in [-0.05, 0) is 24.3 Å². The van der Waals surface area contributed by atoms with Gasteiger partial charge in [0.2, 0.25) is 0 Å². The summed E-state index contributed by atoms with van der Waals surface area (Å²) in [6.45, 7) is 0. The SMILES string of the molecule is Cn1c(SC/C(O)=C(\C#N)c2nc3ccccc3s2)nnc1-c1ccncc1. The topological polar surface area (TPSA) is 101 Å². The molecule has 0 aliphatic rings. The molecule has 0 unspecified atom stereocenters. The van der Waals surface area contributed by atoms with E-state index in [9.17, 15) is 10.4 Å². The molecule has 1 N–H and O–H groups in total. The zero-order valence-corrected chi connectivity index (χ0v) is 16.4. The molecule has 0 radical (unpaired) electrons. The van der Waals surface area contributed by atoms with Crippen molar-refractivity contribution in [2.24, 2.45) is 7.05 Å². The molecule has 9 heteroatoms. The van der Waals surface area contributed by atoms with Gasteiger partial charge in [-0.15, -0.1) is 21.5 Å². The van der Waals surface area contributed by atoms with Gasteiger partial charge in [-0.3, -0.25) is 4.98 Å². The first-order chi connectivity index (χ1) is 13.7. The molecule has 0 atom stereocenters. The molecule has 4 aromatic rings. The number of aliphatic hydroxyl groups excluding tert-OH is 1. The second-order valence-electron chi connectivity index (χ2n) is 5.81. The number of rotatable bonds is 5. The Kier molecular flexibility index (Phi) is 5.06. The van der Waals surface area contributed by atoms with Crippen molar-refractivity contribution >= 4 is 38.9 Å². The second-order valence-corrected chi connectivity index (χ2v) is 7.78. The van der Waals surface area contributed by atoms with E-state index in [0.717, 1.165) is 15.8 Å². The molecule has 28 heavy (non-hydrogen) atoms. The molecule has 7 nitrogen and oxygen atoms in total. The molecule has 0 saturated heterocycles. The zero-order valence-electron chi connectivity index (χ0n) is 14.8. The summed E-state index contributed by atoms with van der Waals surface area (Å²) in [5, 5.41) is 29.6. The van der Waals surface area contributed by atoms with Gasteiger partial charge in [0.25, 0.3) is 0 Å². The average Bonchev–Trinajstić information content (AvgIpc) is 3.31. The molecule has 0 spiro atoms. The third kappa shape index (κ3) is 3.47. The fourth-order valence-electron chi connectivity index (χ4n) is 2.61. The van der Waals surface area contributed by atoms with E-state index in [1.165, 1.54) is 23.1 Å². The van der Waals surface area contributed by atoms with E-state index in [1.807, 2.05) is 48.0 Å². The summed E-state index contributed by atoms with van der Waals surface area (Å²) in [4.78, 5) is 8.45. The Labute approximate surface area is 169 Å². The molecule has 1 aromatic carbocycles. The summed E-state index contributed by atoms with van der Waals surface area (Å²) in [7, 11) is 1.86. The van der Waals surface area contributed by atoms with E-state index in [0.29, 0.717) is 16.0 Å². The Morgan fingerprint density at radius 2 is 2.00 bits per heavy atom. The molecule has 0 aliphatic carbocycles. The monoisotopic (exact) mass is 406 g/mol. The Bertz CT molecular complexity index is 1170. The van der Waals surface area contributed by atoms with Crippen LogP contribution in [0.2, 0.25) is 0 Å². The summed E-state index contributed by atoms with van der Waals surface area (Å²) < 4.78 is 2.82. The highest BCUT2D eigenvalue weighted by molar-refractivity contribution is 7.99. The zero-order chi connectivity index (χ0) is 19.5. The highest BCUT2D eigenvalue weighted by atomic mass is 32.2. The molecule has 4 rings (SSSR count). The van der Waals surface area contributed by atoms with Crippen molar-refractivity contribution in [3.8, 4) is 17.5 Å². The average molecular weight is 406 g/mol. The van der Waals surface area contributed by atoms with Gasteiger partial charge in [0, 0.05) is 25.0 Å². The van der Waals surface area contributed by atoms with E-state index in [2.05, 4.69) is 26.2 Å². The lowest BCUT2D eigenvalue weighted by atomic mass is 10.2. The van der Waals surface area contributed by atoms with Crippen LogP contribution in [-0.2, 0) is 7.05 Å². The van der Waals surface area contributed by atoms with Gasteiger partial charge in [0.15, 0.2) is 11.0 Å². The highest BCUT2D eigenvalue weighted by Crippen LogP contribution is 2.30. The number of para-hydroxylation sites is 1. The van der Waals surface area contributed by atoms with Crippen LogP contribution in [0.15, 0.2) is 59.7 Å². The number of thioether (sulfide) groups is 1. The molecule has 3 aromatic heterocycles. The molecule has 0 bridgehead atoms. The maximum atomic E-state index is 10.5. The Morgan fingerprint density at radius 3 is 2.75 bits per heavy atom. The molecule has 3 heterocycles. The second kappa shape index (κ2) is 7.80. The molecule has 0 fully saturated rings. The standard InChI is InChI=1S/C19H14N6OS2/c1-25-17(12-6-8-21-9-7-12)23-24-19(25)27-11-15(26)13(10-20)18-22-14-4-2-3-5-16(14)28-18/h2-9,26H,11H2,1H3/b15-13-. The van der Waals surface area contributed by atoms with Crippen LogP contribution in [0.5, 0.6) is 0 Å². The predicted octanol–water partition coefficient (Wildman–Crippen LogP) is 4.07. The van der Waals surface area contributed by atoms with E-state index < -0.39 is 0 Å². The number of allylic oxidation sites excluding steroid dienone is 1. The van der Waals surface area contributed by atoms with Crippen LogP contribution < -0.4 is 0 Å². The van der Waals surface area contributed by atoms with Crippen molar-refractivity contribution in [2.75, 3.05) is 5.75 Å². The van der Waals surface area contributed by atoms with Crippen molar-refractivity contribution in [1.29, 1.82) is 5.26 Å². The van der Waals surface area contributed by atoms with Crippen molar-refractivity contribution in [3.63, 3.8) is 0 Å². The number of nitrogens with zero attached hydrogens (tertiary/aromatic N) is 6. The van der Waals surface area contributed by atoms with E-state index in [1.54, 1.807) is 12.4 Å². The number of nitriles is 1. The fraction of sp³-hybridized carbons (Fsp3) is 0.105. The minimum Gasteiger partial charge on any atom is -0.510 e. The van der Waals surface area contributed by atoms with E-state index >= 15 is 0 Å². The summed E-state index contributed by atoms with van der Waals surface area (Å²) in [6.07, 6.45) is 3.39. The number of pyridine rings is 1. The lowest BCUT2D eigenvalue weighted by molar-refractivity contribution is 0.420. The van der Waals surface area contributed by atoms with Crippen LogP contribution in [0.25, 0.3) is 27.2 Å². The van der Waals surface area contributed by atoms with Crippen LogP contribution in [0.1, 0.15) is 5.01 Å². The number of aliphatic hydroxyl groups is 1. The first kappa shape index (κ1) is 18.2. The van der Waals surface area contributed by atoms with E-state index in [-0.39, 0.29) is 17.1 Å². The number of hydrogen-bond acceptors (Lipinski definition) is 8. The van der Waals surface area contributed by atoms with Gasteiger partial charge in [-0.25, -0.2) is 4.98 Å². The van der Waals surface area contributed by atoms with E-state index in [4.69, 9.17) is 0 Å². The van der Waals surface area contributed by atoms with Crippen LogP contribution in [0, 0.1) is 11.3 Å². The Morgan fingerprint density at radius 1 is 1.21 bits per heavy atom. The van der Waals surface area contributed by atoms with Crippen molar-refractivity contribution in [3.05, 3.63) is 59.6 Å². The van der Waals surface area contributed by atoms with Gasteiger partial charge in [0.05, 0.1) is 16.0 Å². The number of fused-ring (bicyclic) bond motifs is 1. The Balaban J connectivity index is 1.57. The molecular formula is C19H14N6OS2.